The van der Waals surface area contributed by atoms with Crippen molar-refractivity contribution in [2.45, 2.75) is 24.1 Å². The summed E-state index contributed by atoms with van der Waals surface area (Å²) in [6.07, 6.45) is 0. The molecule has 1 nitrogen and oxygen atoms in total. The van der Waals surface area contributed by atoms with E-state index in [1.165, 1.54) is 0 Å². The van der Waals surface area contributed by atoms with Gasteiger partial charge in [0.25, 0.3) is 0 Å². The van der Waals surface area contributed by atoms with Gasteiger partial charge in [0, 0.05) is 0 Å². The maximum absolute atomic E-state index is 8.20. The lowest BCUT2D eigenvalue weighted by Crippen LogP contribution is -2.23. The van der Waals surface area contributed by atoms with E-state index in [1.807, 2.05) is 6.07 Å². The van der Waals surface area contributed by atoms with E-state index < -0.39 is 10.3 Å². The van der Waals surface area contributed by atoms with Crippen molar-refractivity contribution in [2.24, 2.45) is 0 Å². The lowest BCUT2D eigenvalue weighted by atomic mass is 10.1. The first kappa shape index (κ1) is 8.07. The summed E-state index contributed by atoms with van der Waals surface area (Å²) >= 11 is 11.1. The third kappa shape index (κ3) is 2.40. The number of nitrogens with zero attached hydrogens (tertiary/aromatic N) is 1. The molecule has 0 radical (unpaired) electrons. The second kappa shape index (κ2) is 2.57. The summed E-state index contributed by atoms with van der Waals surface area (Å²) in [6.45, 7) is 3.41. The van der Waals surface area contributed by atoms with E-state index in [0.29, 0.717) is 0 Å². The zero-order valence-electron chi connectivity index (χ0n) is 4.78. The fourth-order valence-electron chi connectivity index (χ4n) is 0.153. The third-order valence-electron chi connectivity index (χ3n) is 0.716. The molecular formula is C5H7Cl2N. The molecule has 0 saturated heterocycles. The zero-order chi connectivity index (χ0) is 6.78. The highest BCUT2D eigenvalue weighted by Crippen LogP contribution is 2.21. The quantitative estimate of drug-likeness (QED) is 0.528. The van der Waals surface area contributed by atoms with Gasteiger partial charge in [0.05, 0.1) is 10.9 Å². The average Bonchev–Trinajstić information content (AvgIpc) is 1.62. The minimum Gasteiger partial charge on any atom is -0.197 e. The van der Waals surface area contributed by atoms with Crippen molar-refractivity contribution >= 4 is 23.2 Å². The minimum atomic E-state index is -0.615. The smallest absolute Gasteiger partial charge is 0.139 e. The molecule has 46 valence electrons. The van der Waals surface area contributed by atoms with E-state index in [4.69, 9.17) is 28.5 Å². The predicted octanol–water partition coefficient (Wildman–Crippen LogP) is 2.13. The van der Waals surface area contributed by atoms with Crippen LogP contribution in [-0.2, 0) is 0 Å². The molecule has 0 aromatic carbocycles. The standard InChI is InChI=1S/C5H7Cl2N/c1-5(2,7)4(6)3-8/h4H,1-2H3. The molecule has 0 aromatic rings. The van der Waals surface area contributed by atoms with Gasteiger partial charge in [-0.2, -0.15) is 5.26 Å². The molecule has 0 aromatic heterocycles. The van der Waals surface area contributed by atoms with Gasteiger partial charge in [-0.3, -0.25) is 0 Å². The van der Waals surface area contributed by atoms with Crippen molar-refractivity contribution in [1.29, 1.82) is 5.26 Å². The number of nitriles is 1. The maximum Gasteiger partial charge on any atom is 0.139 e. The van der Waals surface area contributed by atoms with Crippen LogP contribution in [0.2, 0.25) is 0 Å². The summed E-state index contributed by atoms with van der Waals surface area (Å²) < 4.78 is 0. The lowest BCUT2D eigenvalue weighted by Gasteiger charge is -2.14. The van der Waals surface area contributed by atoms with E-state index in [9.17, 15) is 0 Å². The predicted molar refractivity (Wildman–Crippen MR) is 35.2 cm³/mol. The summed E-state index contributed by atoms with van der Waals surface area (Å²) in [5.41, 5.74) is 0. The average molecular weight is 152 g/mol. The molecule has 0 aliphatic carbocycles. The molecule has 0 bridgehead atoms. The first-order chi connectivity index (χ1) is 3.48. The zero-order valence-corrected chi connectivity index (χ0v) is 6.29. The second-order valence-corrected chi connectivity index (χ2v) is 3.47. The summed E-state index contributed by atoms with van der Waals surface area (Å²) in [7, 11) is 0. The fourth-order valence-corrected chi connectivity index (χ4v) is 0.202. The highest BCUT2D eigenvalue weighted by molar-refractivity contribution is 6.33. The molecular weight excluding hydrogens is 145 g/mol. The summed E-state index contributed by atoms with van der Waals surface area (Å²) in [4.78, 5) is -0.615. The highest BCUT2D eigenvalue weighted by Gasteiger charge is 2.23. The molecule has 3 heteroatoms. The van der Waals surface area contributed by atoms with Crippen LogP contribution in [0.25, 0.3) is 0 Å². The minimum absolute atomic E-state index is 0.607. The molecule has 1 unspecified atom stereocenters. The normalized spacial score (nSPS) is 14.9. The molecule has 0 saturated carbocycles. The van der Waals surface area contributed by atoms with Crippen LogP contribution < -0.4 is 0 Å². The molecule has 0 spiro atoms. The van der Waals surface area contributed by atoms with Gasteiger partial charge in [0.2, 0.25) is 0 Å². The number of hydrogen-bond acceptors (Lipinski definition) is 1. The fraction of sp³-hybridized carbons (Fsp3) is 0.800. The van der Waals surface area contributed by atoms with Gasteiger partial charge in [-0.25, -0.2) is 0 Å². The Balaban J connectivity index is 3.87. The third-order valence-corrected chi connectivity index (χ3v) is 1.69. The van der Waals surface area contributed by atoms with Crippen LogP contribution in [0.4, 0.5) is 0 Å². The van der Waals surface area contributed by atoms with Crippen molar-refractivity contribution in [1.82, 2.24) is 0 Å². The Hall–Kier alpha value is 0.0700. The summed E-state index contributed by atoms with van der Waals surface area (Å²) in [5.74, 6) is 0. The Morgan fingerprint density at radius 2 is 2.00 bits per heavy atom. The molecule has 0 aliphatic heterocycles. The molecule has 0 aliphatic rings. The monoisotopic (exact) mass is 151 g/mol. The Kier molecular flexibility index (Phi) is 2.59. The van der Waals surface area contributed by atoms with Crippen LogP contribution in [0.3, 0.4) is 0 Å². The maximum atomic E-state index is 8.20. The largest absolute Gasteiger partial charge is 0.197 e. The number of halogens is 2. The van der Waals surface area contributed by atoms with Crippen molar-refractivity contribution in [2.75, 3.05) is 0 Å². The highest BCUT2D eigenvalue weighted by atomic mass is 35.5. The van der Waals surface area contributed by atoms with E-state index in [1.54, 1.807) is 13.8 Å². The number of hydrogen-bond donors (Lipinski definition) is 0. The van der Waals surface area contributed by atoms with Crippen molar-refractivity contribution < 1.29 is 0 Å². The Morgan fingerprint density at radius 3 is 2.00 bits per heavy atom. The van der Waals surface area contributed by atoms with E-state index >= 15 is 0 Å². The van der Waals surface area contributed by atoms with E-state index in [2.05, 4.69) is 0 Å². The molecule has 0 amide bonds. The Morgan fingerprint density at radius 1 is 1.62 bits per heavy atom. The van der Waals surface area contributed by atoms with Gasteiger partial charge in [0.15, 0.2) is 0 Å². The van der Waals surface area contributed by atoms with Gasteiger partial charge in [-0.1, -0.05) is 0 Å². The topological polar surface area (TPSA) is 23.8 Å². The van der Waals surface area contributed by atoms with Crippen molar-refractivity contribution in [3.63, 3.8) is 0 Å². The number of rotatable bonds is 1. The molecule has 0 rings (SSSR count). The molecule has 1 atom stereocenters. The second-order valence-electron chi connectivity index (χ2n) is 2.06. The molecule has 0 N–H and O–H groups in total. The first-order valence-electron chi connectivity index (χ1n) is 2.21. The van der Waals surface area contributed by atoms with Crippen molar-refractivity contribution in [3.05, 3.63) is 0 Å². The molecule has 0 fully saturated rings. The lowest BCUT2D eigenvalue weighted by molar-refractivity contribution is 0.726. The molecule has 0 heterocycles. The van der Waals surface area contributed by atoms with E-state index in [-0.39, 0.29) is 0 Å². The van der Waals surface area contributed by atoms with Crippen LogP contribution >= 0.6 is 23.2 Å². The molecule has 8 heavy (non-hydrogen) atoms. The van der Waals surface area contributed by atoms with Crippen molar-refractivity contribution in [3.8, 4) is 6.07 Å². The van der Waals surface area contributed by atoms with Crippen LogP contribution in [-0.4, -0.2) is 10.3 Å². The number of alkyl halides is 2. The van der Waals surface area contributed by atoms with Crippen LogP contribution in [0.5, 0.6) is 0 Å². The summed E-state index contributed by atoms with van der Waals surface area (Å²) in [5, 5.41) is 7.60. The Bertz CT molecular complexity index is 109. The van der Waals surface area contributed by atoms with Crippen LogP contribution in [0, 0.1) is 11.3 Å². The van der Waals surface area contributed by atoms with Gasteiger partial charge >= 0.3 is 0 Å². The van der Waals surface area contributed by atoms with Crippen LogP contribution in [0.1, 0.15) is 13.8 Å². The summed E-state index contributed by atoms with van der Waals surface area (Å²) in [6, 6.07) is 1.84. The van der Waals surface area contributed by atoms with E-state index in [0.717, 1.165) is 0 Å². The van der Waals surface area contributed by atoms with Gasteiger partial charge in [-0.15, -0.1) is 23.2 Å². The van der Waals surface area contributed by atoms with Crippen LogP contribution in [0.15, 0.2) is 0 Å². The van der Waals surface area contributed by atoms with Gasteiger partial charge in [0.1, 0.15) is 5.38 Å². The first-order valence-corrected chi connectivity index (χ1v) is 3.02. The van der Waals surface area contributed by atoms with Gasteiger partial charge < -0.3 is 0 Å². The van der Waals surface area contributed by atoms with Gasteiger partial charge in [-0.05, 0) is 13.8 Å². The Labute approximate surface area is 59.2 Å². The SMILES string of the molecule is CC(C)(Cl)C(Cl)C#N.